The standard InChI is InChI=1S/C18H18N2O7/c1-26-16-7-6-11(9-15(16)20(24)25)8-14(18(23)27-2)19-17(22)12-4-3-5-13(21)10-12/h3-7,9-10,14,21H,8H2,1-2H3,(H,19,22)/t14-/m0/s1. The van der Waals surface area contributed by atoms with Gasteiger partial charge in [-0.2, -0.15) is 0 Å². The normalized spacial score (nSPS) is 11.3. The smallest absolute Gasteiger partial charge is 0.328 e. The highest BCUT2D eigenvalue weighted by molar-refractivity contribution is 5.97. The van der Waals surface area contributed by atoms with E-state index in [9.17, 15) is 24.8 Å². The number of rotatable bonds is 7. The van der Waals surface area contributed by atoms with Crippen molar-refractivity contribution in [3.05, 3.63) is 63.7 Å². The minimum Gasteiger partial charge on any atom is -0.508 e. The lowest BCUT2D eigenvalue weighted by Gasteiger charge is -2.17. The molecule has 27 heavy (non-hydrogen) atoms. The van der Waals surface area contributed by atoms with Crippen LogP contribution in [0.3, 0.4) is 0 Å². The number of carbonyl (C=O) groups is 2. The SMILES string of the molecule is COC(=O)[C@H](Cc1ccc(OC)c([N+](=O)[O-])c1)NC(=O)c1cccc(O)c1. The van der Waals surface area contributed by atoms with Crippen molar-refractivity contribution < 1.29 is 29.1 Å². The fourth-order valence-corrected chi connectivity index (χ4v) is 2.47. The first kappa shape index (κ1) is 19.7. The number of phenols is 1. The highest BCUT2D eigenvalue weighted by atomic mass is 16.6. The maximum absolute atomic E-state index is 12.3. The number of nitro groups is 1. The molecule has 142 valence electrons. The number of methoxy groups -OCH3 is 2. The average molecular weight is 374 g/mol. The fourth-order valence-electron chi connectivity index (χ4n) is 2.47. The molecule has 2 aromatic carbocycles. The number of amides is 1. The summed E-state index contributed by atoms with van der Waals surface area (Å²) in [6, 6.07) is 8.80. The Balaban J connectivity index is 2.25. The third-order valence-electron chi connectivity index (χ3n) is 3.78. The summed E-state index contributed by atoms with van der Waals surface area (Å²) < 4.78 is 9.65. The summed E-state index contributed by atoms with van der Waals surface area (Å²) in [6.45, 7) is 0. The first-order chi connectivity index (χ1) is 12.8. The molecule has 2 N–H and O–H groups in total. The highest BCUT2D eigenvalue weighted by Crippen LogP contribution is 2.28. The maximum Gasteiger partial charge on any atom is 0.328 e. The van der Waals surface area contributed by atoms with Crippen LogP contribution in [0, 0.1) is 10.1 Å². The topological polar surface area (TPSA) is 128 Å². The van der Waals surface area contributed by atoms with Crippen molar-refractivity contribution in [1.82, 2.24) is 5.32 Å². The van der Waals surface area contributed by atoms with E-state index in [0.29, 0.717) is 5.56 Å². The number of carbonyl (C=O) groups excluding carboxylic acids is 2. The van der Waals surface area contributed by atoms with E-state index in [2.05, 4.69) is 5.32 Å². The van der Waals surface area contributed by atoms with Gasteiger partial charge in [0.25, 0.3) is 5.91 Å². The monoisotopic (exact) mass is 374 g/mol. The van der Waals surface area contributed by atoms with Crippen LogP contribution in [0.15, 0.2) is 42.5 Å². The maximum atomic E-state index is 12.3. The quantitative estimate of drug-likeness (QED) is 0.430. The van der Waals surface area contributed by atoms with Gasteiger partial charge in [-0.25, -0.2) is 4.79 Å². The predicted octanol–water partition coefficient (Wildman–Crippen LogP) is 1.82. The number of nitro benzene ring substituents is 1. The second kappa shape index (κ2) is 8.65. The van der Waals surface area contributed by atoms with Gasteiger partial charge in [-0.05, 0) is 29.8 Å². The molecular formula is C18H18N2O7. The van der Waals surface area contributed by atoms with E-state index < -0.39 is 22.8 Å². The Morgan fingerprint density at radius 3 is 2.56 bits per heavy atom. The number of nitrogens with zero attached hydrogens (tertiary/aromatic N) is 1. The third kappa shape index (κ3) is 4.94. The van der Waals surface area contributed by atoms with Crippen molar-refractivity contribution in [2.24, 2.45) is 0 Å². The molecule has 9 heteroatoms. The first-order valence-corrected chi connectivity index (χ1v) is 7.84. The van der Waals surface area contributed by atoms with Gasteiger partial charge in [-0.3, -0.25) is 14.9 Å². The Morgan fingerprint density at radius 1 is 1.22 bits per heavy atom. The molecule has 0 aliphatic rings. The molecule has 0 aliphatic heterocycles. The molecular weight excluding hydrogens is 356 g/mol. The zero-order valence-electron chi connectivity index (χ0n) is 14.7. The van der Waals surface area contributed by atoms with Crippen LogP contribution >= 0.6 is 0 Å². The van der Waals surface area contributed by atoms with Gasteiger partial charge in [-0.1, -0.05) is 12.1 Å². The highest BCUT2D eigenvalue weighted by Gasteiger charge is 2.24. The molecule has 1 atom stereocenters. The van der Waals surface area contributed by atoms with E-state index in [4.69, 9.17) is 9.47 Å². The van der Waals surface area contributed by atoms with Gasteiger partial charge in [0.15, 0.2) is 5.75 Å². The van der Waals surface area contributed by atoms with Gasteiger partial charge in [0.1, 0.15) is 11.8 Å². The number of benzene rings is 2. The van der Waals surface area contributed by atoms with Crippen LogP contribution in [0.2, 0.25) is 0 Å². The number of hydrogen-bond donors (Lipinski definition) is 2. The van der Waals surface area contributed by atoms with E-state index in [1.807, 2.05) is 0 Å². The van der Waals surface area contributed by atoms with Gasteiger partial charge < -0.3 is 19.9 Å². The molecule has 9 nitrogen and oxygen atoms in total. The van der Waals surface area contributed by atoms with Gasteiger partial charge in [0, 0.05) is 18.1 Å². The van der Waals surface area contributed by atoms with Gasteiger partial charge in [0.05, 0.1) is 19.1 Å². The summed E-state index contributed by atoms with van der Waals surface area (Å²) in [6.07, 6.45) is -0.0257. The Kier molecular flexibility index (Phi) is 6.32. The van der Waals surface area contributed by atoms with Crippen LogP contribution in [0.4, 0.5) is 5.69 Å². The molecule has 2 rings (SSSR count). The number of nitrogens with one attached hydrogen (secondary N) is 1. The second-order valence-corrected chi connectivity index (χ2v) is 5.57. The largest absolute Gasteiger partial charge is 0.508 e. The van der Waals surface area contributed by atoms with Crippen molar-refractivity contribution in [3.8, 4) is 11.5 Å². The van der Waals surface area contributed by atoms with Crippen molar-refractivity contribution in [3.63, 3.8) is 0 Å². The second-order valence-electron chi connectivity index (χ2n) is 5.57. The minimum atomic E-state index is -1.07. The number of esters is 1. The van der Waals surface area contributed by atoms with Crippen molar-refractivity contribution >= 4 is 17.6 Å². The summed E-state index contributed by atoms with van der Waals surface area (Å²) in [5.41, 5.74) is 0.344. The number of hydrogen-bond acceptors (Lipinski definition) is 7. The molecule has 0 unspecified atom stereocenters. The summed E-state index contributed by atoms with van der Waals surface area (Å²) in [5, 5.41) is 23.1. The van der Waals surface area contributed by atoms with Crippen LogP contribution in [-0.2, 0) is 16.0 Å². The van der Waals surface area contributed by atoms with Crippen LogP contribution in [-0.4, -0.2) is 42.2 Å². The molecule has 0 heterocycles. The molecule has 0 bridgehead atoms. The minimum absolute atomic E-state index is 0.0257. The van der Waals surface area contributed by atoms with E-state index >= 15 is 0 Å². The molecule has 0 fully saturated rings. The average Bonchev–Trinajstić information content (AvgIpc) is 2.66. The molecule has 0 spiro atoms. The Hall–Kier alpha value is -3.62. The molecule has 0 saturated carbocycles. The van der Waals surface area contributed by atoms with E-state index in [1.165, 1.54) is 50.6 Å². The lowest BCUT2D eigenvalue weighted by molar-refractivity contribution is -0.385. The third-order valence-corrected chi connectivity index (χ3v) is 3.78. The number of ether oxygens (including phenoxy) is 2. The number of aromatic hydroxyl groups is 1. The van der Waals surface area contributed by atoms with Crippen molar-refractivity contribution in [2.75, 3.05) is 14.2 Å². The molecule has 0 aliphatic carbocycles. The van der Waals surface area contributed by atoms with Crippen molar-refractivity contribution in [1.29, 1.82) is 0 Å². The molecule has 2 aromatic rings. The zero-order chi connectivity index (χ0) is 20.0. The zero-order valence-corrected chi connectivity index (χ0v) is 14.7. The van der Waals surface area contributed by atoms with E-state index in [0.717, 1.165) is 0 Å². The lowest BCUT2D eigenvalue weighted by Crippen LogP contribution is -2.43. The van der Waals surface area contributed by atoms with Gasteiger partial charge >= 0.3 is 11.7 Å². The Morgan fingerprint density at radius 2 is 1.96 bits per heavy atom. The van der Waals surface area contributed by atoms with E-state index in [-0.39, 0.29) is 29.2 Å². The number of phenolic OH excluding ortho intramolecular Hbond substituents is 1. The first-order valence-electron chi connectivity index (χ1n) is 7.84. The van der Waals surface area contributed by atoms with Crippen LogP contribution in [0.1, 0.15) is 15.9 Å². The van der Waals surface area contributed by atoms with Gasteiger partial charge in [-0.15, -0.1) is 0 Å². The molecule has 1 amide bonds. The molecule has 0 radical (unpaired) electrons. The Labute approximate surface area is 154 Å². The van der Waals surface area contributed by atoms with Crippen LogP contribution in [0.5, 0.6) is 11.5 Å². The lowest BCUT2D eigenvalue weighted by atomic mass is 10.0. The summed E-state index contributed by atoms with van der Waals surface area (Å²) in [4.78, 5) is 34.9. The predicted molar refractivity (Wildman–Crippen MR) is 94.7 cm³/mol. The van der Waals surface area contributed by atoms with Crippen LogP contribution < -0.4 is 10.1 Å². The summed E-state index contributed by atoms with van der Waals surface area (Å²) >= 11 is 0. The molecule has 0 aromatic heterocycles. The summed E-state index contributed by atoms with van der Waals surface area (Å²) in [5.74, 6) is -1.31. The van der Waals surface area contributed by atoms with E-state index in [1.54, 1.807) is 6.07 Å². The Bertz CT molecular complexity index is 867. The summed E-state index contributed by atoms with van der Waals surface area (Å²) in [7, 11) is 2.49. The van der Waals surface area contributed by atoms with Crippen molar-refractivity contribution in [2.45, 2.75) is 12.5 Å². The van der Waals surface area contributed by atoms with Gasteiger partial charge in [0.2, 0.25) is 0 Å². The molecule has 0 saturated heterocycles. The van der Waals surface area contributed by atoms with Crippen LogP contribution in [0.25, 0.3) is 0 Å². The fraction of sp³-hybridized carbons (Fsp3) is 0.222.